The van der Waals surface area contributed by atoms with Crippen molar-refractivity contribution in [2.75, 3.05) is 17.7 Å². The summed E-state index contributed by atoms with van der Waals surface area (Å²) in [4.78, 5) is 22.5. The van der Waals surface area contributed by atoms with Gasteiger partial charge in [0, 0.05) is 34.4 Å². The molecule has 1 heterocycles. The maximum atomic E-state index is 12.9. The minimum Gasteiger partial charge on any atom is -0.324 e. The normalized spacial score (nSPS) is 10.9. The number of aromatic nitrogens is 2. The SMILES string of the molecule is CNCc1ccc(C)c(NC(=O)c2ccc(Nc3nc(-c4ccc(C)cc4)c4ccccc4n3)cc2)c1. The Hall–Kier alpha value is -4.55. The third-order valence-electron chi connectivity index (χ3n) is 6.26. The number of hydrogen-bond acceptors (Lipinski definition) is 5. The van der Waals surface area contributed by atoms with Gasteiger partial charge in [0.2, 0.25) is 5.95 Å². The summed E-state index contributed by atoms with van der Waals surface area (Å²) in [6.07, 6.45) is 0. The average Bonchev–Trinajstić information content (AvgIpc) is 2.91. The van der Waals surface area contributed by atoms with Crippen LogP contribution in [0.15, 0.2) is 91.0 Å². The molecule has 0 fully saturated rings. The molecule has 0 radical (unpaired) electrons. The summed E-state index contributed by atoms with van der Waals surface area (Å²) in [6, 6.07) is 29.7. The highest BCUT2D eigenvalue weighted by Crippen LogP contribution is 2.28. The van der Waals surface area contributed by atoms with Gasteiger partial charge in [0.05, 0.1) is 11.2 Å². The molecule has 0 saturated carbocycles. The molecular weight excluding hydrogens is 458 g/mol. The number of carbonyl (C=O) groups excluding carboxylic acids is 1. The summed E-state index contributed by atoms with van der Waals surface area (Å²) in [5, 5.41) is 10.5. The predicted octanol–water partition coefficient (Wildman–Crippen LogP) is 6.63. The molecule has 4 aromatic carbocycles. The molecule has 5 aromatic rings. The number of carbonyl (C=O) groups is 1. The molecule has 184 valence electrons. The van der Waals surface area contributed by atoms with E-state index in [1.165, 1.54) is 5.56 Å². The van der Waals surface area contributed by atoms with Gasteiger partial charge in [-0.3, -0.25) is 4.79 Å². The first kappa shape index (κ1) is 24.2. The van der Waals surface area contributed by atoms with Crippen LogP contribution in [-0.2, 0) is 6.54 Å². The van der Waals surface area contributed by atoms with E-state index in [1.807, 2.05) is 62.5 Å². The highest BCUT2D eigenvalue weighted by molar-refractivity contribution is 6.05. The zero-order valence-electron chi connectivity index (χ0n) is 21.2. The number of amides is 1. The molecule has 0 atom stereocenters. The van der Waals surface area contributed by atoms with E-state index in [4.69, 9.17) is 9.97 Å². The molecule has 0 saturated heterocycles. The van der Waals surface area contributed by atoms with Crippen LogP contribution in [0.1, 0.15) is 27.0 Å². The average molecular weight is 488 g/mol. The van der Waals surface area contributed by atoms with Crippen LogP contribution in [0, 0.1) is 13.8 Å². The minimum atomic E-state index is -0.153. The first-order valence-electron chi connectivity index (χ1n) is 12.3. The number of para-hydroxylation sites is 1. The maximum Gasteiger partial charge on any atom is 0.255 e. The first-order chi connectivity index (χ1) is 18.0. The van der Waals surface area contributed by atoms with Crippen molar-refractivity contribution in [1.82, 2.24) is 15.3 Å². The maximum absolute atomic E-state index is 12.9. The minimum absolute atomic E-state index is 0.153. The lowest BCUT2D eigenvalue weighted by molar-refractivity contribution is 0.102. The van der Waals surface area contributed by atoms with Crippen molar-refractivity contribution in [3.63, 3.8) is 0 Å². The fourth-order valence-electron chi connectivity index (χ4n) is 4.21. The van der Waals surface area contributed by atoms with E-state index in [0.29, 0.717) is 11.5 Å². The third kappa shape index (κ3) is 5.50. The number of hydrogen-bond donors (Lipinski definition) is 3. The van der Waals surface area contributed by atoms with Crippen molar-refractivity contribution in [3.8, 4) is 11.3 Å². The van der Waals surface area contributed by atoms with E-state index in [0.717, 1.165) is 51.2 Å². The topological polar surface area (TPSA) is 78.9 Å². The number of rotatable bonds is 7. The largest absolute Gasteiger partial charge is 0.324 e. The standard InChI is InChI=1S/C31H29N5O/c1-20-8-12-23(13-9-20)29-26-6-4-5-7-27(26)35-31(36-29)33-25-16-14-24(15-17-25)30(37)34-28-18-22(19-32-3)11-10-21(28)2/h4-18,32H,19H2,1-3H3,(H,34,37)(H,33,35,36). The Morgan fingerprint density at radius 3 is 2.35 bits per heavy atom. The number of nitrogens with zero attached hydrogens (tertiary/aromatic N) is 2. The summed E-state index contributed by atoms with van der Waals surface area (Å²) in [7, 11) is 1.90. The van der Waals surface area contributed by atoms with Crippen molar-refractivity contribution < 1.29 is 4.79 Å². The van der Waals surface area contributed by atoms with E-state index in [2.05, 4.69) is 53.2 Å². The fourth-order valence-corrected chi connectivity index (χ4v) is 4.21. The van der Waals surface area contributed by atoms with Crippen molar-refractivity contribution in [2.24, 2.45) is 0 Å². The van der Waals surface area contributed by atoms with Gasteiger partial charge in [0.25, 0.3) is 5.91 Å². The Balaban J connectivity index is 1.37. The summed E-state index contributed by atoms with van der Waals surface area (Å²) in [5.74, 6) is 0.350. The van der Waals surface area contributed by atoms with Crippen LogP contribution in [0.2, 0.25) is 0 Å². The molecule has 3 N–H and O–H groups in total. The Morgan fingerprint density at radius 2 is 1.59 bits per heavy atom. The van der Waals surface area contributed by atoms with Crippen LogP contribution in [-0.4, -0.2) is 22.9 Å². The van der Waals surface area contributed by atoms with E-state index < -0.39 is 0 Å². The Morgan fingerprint density at radius 1 is 0.838 bits per heavy atom. The number of aryl methyl sites for hydroxylation is 2. The molecule has 0 unspecified atom stereocenters. The highest BCUT2D eigenvalue weighted by atomic mass is 16.1. The first-order valence-corrected chi connectivity index (χ1v) is 12.3. The highest BCUT2D eigenvalue weighted by Gasteiger charge is 2.12. The van der Waals surface area contributed by atoms with Gasteiger partial charge < -0.3 is 16.0 Å². The Kier molecular flexibility index (Phi) is 6.92. The zero-order valence-corrected chi connectivity index (χ0v) is 21.2. The molecule has 0 aliphatic carbocycles. The van der Waals surface area contributed by atoms with Gasteiger partial charge in [-0.1, -0.05) is 60.2 Å². The van der Waals surface area contributed by atoms with Crippen molar-refractivity contribution in [1.29, 1.82) is 0 Å². The molecule has 6 heteroatoms. The van der Waals surface area contributed by atoms with E-state index in [9.17, 15) is 4.79 Å². The van der Waals surface area contributed by atoms with Crippen LogP contribution in [0.5, 0.6) is 0 Å². The van der Waals surface area contributed by atoms with Gasteiger partial charge in [0.1, 0.15) is 0 Å². The summed E-state index contributed by atoms with van der Waals surface area (Å²) < 4.78 is 0. The molecule has 37 heavy (non-hydrogen) atoms. The van der Waals surface area contributed by atoms with Gasteiger partial charge in [-0.25, -0.2) is 9.97 Å². The fraction of sp³-hybridized carbons (Fsp3) is 0.129. The lowest BCUT2D eigenvalue weighted by atomic mass is 10.1. The zero-order chi connectivity index (χ0) is 25.8. The quantitative estimate of drug-likeness (QED) is 0.240. The van der Waals surface area contributed by atoms with Gasteiger partial charge in [0.15, 0.2) is 0 Å². The number of nitrogens with one attached hydrogen (secondary N) is 3. The molecule has 1 aromatic heterocycles. The van der Waals surface area contributed by atoms with Gasteiger partial charge in [-0.15, -0.1) is 0 Å². The number of benzene rings is 4. The molecule has 0 spiro atoms. The summed E-state index contributed by atoms with van der Waals surface area (Å²) in [6.45, 7) is 4.80. The van der Waals surface area contributed by atoms with Crippen LogP contribution in [0.3, 0.4) is 0 Å². The summed E-state index contributed by atoms with van der Waals surface area (Å²) in [5.41, 5.74) is 8.29. The second kappa shape index (κ2) is 10.6. The van der Waals surface area contributed by atoms with Gasteiger partial charge in [-0.05, 0) is 68.4 Å². The predicted molar refractivity (Wildman–Crippen MR) is 151 cm³/mol. The molecule has 5 rings (SSSR count). The molecule has 0 bridgehead atoms. The van der Waals surface area contributed by atoms with E-state index in [1.54, 1.807) is 12.1 Å². The third-order valence-corrected chi connectivity index (χ3v) is 6.26. The Bertz CT molecular complexity index is 1560. The molecule has 0 aliphatic heterocycles. The lowest BCUT2D eigenvalue weighted by Gasteiger charge is -2.12. The van der Waals surface area contributed by atoms with Crippen molar-refractivity contribution >= 4 is 34.1 Å². The second-order valence-electron chi connectivity index (χ2n) is 9.12. The van der Waals surface area contributed by atoms with Crippen LogP contribution >= 0.6 is 0 Å². The molecule has 1 amide bonds. The second-order valence-corrected chi connectivity index (χ2v) is 9.12. The lowest BCUT2D eigenvalue weighted by Crippen LogP contribution is -2.13. The van der Waals surface area contributed by atoms with Crippen LogP contribution in [0.25, 0.3) is 22.2 Å². The summed E-state index contributed by atoms with van der Waals surface area (Å²) >= 11 is 0. The number of anilines is 3. The number of fused-ring (bicyclic) bond motifs is 1. The molecular formula is C31H29N5O. The van der Waals surface area contributed by atoms with E-state index >= 15 is 0 Å². The van der Waals surface area contributed by atoms with Crippen molar-refractivity contribution in [3.05, 3.63) is 113 Å². The monoisotopic (exact) mass is 487 g/mol. The molecule has 0 aliphatic rings. The smallest absolute Gasteiger partial charge is 0.255 e. The Labute approximate surface area is 216 Å². The molecule has 6 nitrogen and oxygen atoms in total. The van der Waals surface area contributed by atoms with Gasteiger partial charge in [-0.2, -0.15) is 0 Å². The van der Waals surface area contributed by atoms with E-state index in [-0.39, 0.29) is 5.91 Å². The van der Waals surface area contributed by atoms with Gasteiger partial charge >= 0.3 is 0 Å². The van der Waals surface area contributed by atoms with Crippen LogP contribution < -0.4 is 16.0 Å². The van der Waals surface area contributed by atoms with Crippen LogP contribution in [0.4, 0.5) is 17.3 Å². The van der Waals surface area contributed by atoms with Crippen molar-refractivity contribution in [2.45, 2.75) is 20.4 Å².